The summed E-state index contributed by atoms with van der Waals surface area (Å²) in [7, 11) is 0. The Balaban J connectivity index is 1.46. The first kappa shape index (κ1) is 15.2. The Morgan fingerprint density at radius 2 is 2.09 bits per heavy atom. The van der Waals surface area contributed by atoms with Gasteiger partial charge in [-0.2, -0.15) is 0 Å². The molecule has 0 bridgehead atoms. The van der Waals surface area contributed by atoms with E-state index in [1.807, 2.05) is 36.2 Å². The number of rotatable bonds is 3. The minimum atomic E-state index is 0.152. The molecule has 0 aliphatic carbocycles. The number of ether oxygens (including phenoxy) is 1. The SMILES string of the molecule is CC1CN(C(=O)CN2CCN(c3ccccn3)CC2)CCO1. The smallest absolute Gasteiger partial charge is 0.236 e. The third-order valence-electron chi connectivity index (χ3n) is 4.30. The number of anilines is 1. The fraction of sp³-hybridized carbons (Fsp3) is 0.625. The molecule has 0 spiro atoms. The van der Waals surface area contributed by atoms with Crippen LogP contribution in [0.25, 0.3) is 0 Å². The molecule has 0 N–H and O–H groups in total. The average Bonchev–Trinajstić information content (AvgIpc) is 2.56. The zero-order valence-electron chi connectivity index (χ0n) is 13.1. The maximum absolute atomic E-state index is 12.4. The molecule has 0 radical (unpaired) electrons. The number of nitrogens with zero attached hydrogens (tertiary/aromatic N) is 4. The molecular formula is C16H24N4O2. The average molecular weight is 304 g/mol. The zero-order chi connectivity index (χ0) is 15.4. The van der Waals surface area contributed by atoms with Crippen LogP contribution in [0.5, 0.6) is 0 Å². The summed E-state index contributed by atoms with van der Waals surface area (Å²) in [6, 6.07) is 5.98. The Bertz CT molecular complexity index is 488. The third-order valence-corrected chi connectivity index (χ3v) is 4.30. The molecule has 2 fully saturated rings. The topological polar surface area (TPSA) is 48.9 Å². The highest BCUT2D eigenvalue weighted by Crippen LogP contribution is 2.13. The van der Waals surface area contributed by atoms with Gasteiger partial charge in [-0.3, -0.25) is 9.69 Å². The summed E-state index contributed by atoms with van der Waals surface area (Å²) in [6.07, 6.45) is 1.98. The molecule has 120 valence electrons. The van der Waals surface area contributed by atoms with E-state index in [1.54, 1.807) is 0 Å². The van der Waals surface area contributed by atoms with Crippen LogP contribution in [-0.4, -0.2) is 79.2 Å². The van der Waals surface area contributed by atoms with Crippen molar-refractivity contribution in [2.45, 2.75) is 13.0 Å². The van der Waals surface area contributed by atoms with E-state index >= 15 is 0 Å². The van der Waals surface area contributed by atoms with Gasteiger partial charge in [0, 0.05) is 45.5 Å². The van der Waals surface area contributed by atoms with Gasteiger partial charge in [-0.1, -0.05) is 6.07 Å². The molecule has 0 aromatic carbocycles. The Kier molecular flexibility index (Phi) is 4.90. The maximum atomic E-state index is 12.4. The lowest BCUT2D eigenvalue weighted by atomic mass is 10.2. The summed E-state index contributed by atoms with van der Waals surface area (Å²) in [5.74, 6) is 1.25. The first-order chi connectivity index (χ1) is 10.7. The molecule has 1 atom stereocenters. The van der Waals surface area contributed by atoms with Crippen LogP contribution in [0.2, 0.25) is 0 Å². The number of piperazine rings is 1. The van der Waals surface area contributed by atoms with Crippen molar-refractivity contribution in [1.29, 1.82) is 0 Å². The Labute approximate surface area is 131 Å². The van der Waals surface area contributed by atoms with E-state index in [0.29, 0.717) is 19.7 Å². The number of carbonyl (C=O) groups is 1. The van der Waals surface area contributed by atoms with Gasteiger partial charge in [-0.15, -0.1) is 0 Å². The van der Waals surface area contributed by atoms with Crippen LogP contribution in [0.1, 0.15) is 6.92 Å². The maximum Gasteiger partial charge on any atom is 0.236 e. The summed E-state index contributed by atoms with van der Waals surface area (Å²) in [6.45, 7) is 8.27. The van der Waals surface area contributed by atoms with Crippen LogP contribution in [0, 0.1) is 0 Å². The molecule has 1 unspecified atom stereocenters. The fourth-order valence-corrected chi connectivity index (χ4v) is 3.01. The molecule has 2 aliphatic rings. The zero-order valence-corrected chi connectivity index (χ0v) is 13.1. The van der Waals surface area contributed by atoms with E-state index in [9.17, 15) is 4.79 Å². The van der Waals surface area contributed by atoms with E-state index in [2.05, 4.69) is 14.8 Å². The van der Waals surface area contributed by atoms with Gasteiger partial charge in [0.2, 0.25) is 5.91 Å². The fourth-order valence-electron chi connectivity index (χ4n) is 3.01. The van der Waals surface area contributed by atoms with Crippen LogP contribution in [0.3, 0.4) is 0 Å². The van der Waals surface area contributed by atoms with Gasteiger partial charge in [0.1, 0.15) is 5.82 Å². The van der Waals surface area contributed by atoms with Gasteiger partial charge >= 0.3 is 0 Å². The standard InChI is InChI=1S/C16H24N4O2/c1-14-12-20(10-11-22-14)16(21)13-18-6-8-19(9-7-18)15-4-2-3-5-17-15/h2-5,14H,6-13H2,1H3. The Morgan fingerprint density at radius 3 is 2.77 bits per heavy atom. The van der Waals surface area contributed by atoms with Crippen molar-refractivity contribution < 1.29 is 9.53 Å². The summed E-state index contributed by atoms with van der Waals surface area (Å²) < 4.78 is 5.49. The van der Waals surface area contributed by atoms with E-state index in [4.69, 9.17) is 4.74 Å². The van der Waals surface area contributed by atoms with Crippen molar-refractivity contribution in [3.05, 3.63) is 24.4 Å². The van der Waals surface area contributed by atoms with E-state index < -0.39 is 0 Å². The lowest BCUT2D eigenvalue weighted by molar-refractivity contribution is -0.139. The van der Waals surface area contributed by atoms with E-state index in [1.165, 1.54) is 0 Å². The molecule has 0 saturated carbocycles. The molecule has 1 aromatic rings. The normalized spacial score (nSPS) is 23.6. The molecule has 22 heavy (non-hydrogen) atoms. The van der Waals surface area contributed by atoms with Gasteiger partial charge in [-0.25, -0.2) is 4.98 Å². The largest absolute Gasteiger partial charge is 0.375 e. The summed E-state index contributed by atoms with van der Waals surface area (Å²) in [5, 5.41) is 0. The highest BCUT2D eigenvalue weighted by Gasteiger charge is 2.25. The molecule has 1 aromatic heterocycles. The molecule has 6 nitrogen and oxygen atoms in total. The Hall–Kier alpha value is -1.66. The Morgan fingerprint density at radius 1 is 1.27 bits per heavy atom. The minimum absolute atomic E-state index is 0.152. The summed E-state index contributed by atoms with van der Waals surface area (Å²) >= 11 is 0. The van der Waals surface area contributed by atoms with Crippen LogP contribution < -0.4 is 4.90 Å². The van der Waals surface area contributed by atoms with Gasteiger partial charge in [-0.05, 0) is 19.1 Å². The van der Waals surface area contributed by atoms with Crippen molar-refractivity contribution in [3.8, 4) is 0 Å². The second-order valence-corrected chi connectivity index (χ2v) is 5.97. The summed E-state index contributed by atoms with van der Waals surface area (Å²) in [5.41, 5.74) is 0. The molecule has 3 rings (SSSR count). The van der Waals surface area contributed by atoms with Gasteiger partial charge in [0.15, 0.2) is 0 Å². The molecule has 1 amide bonds. The highest BCUT2D eigenvalue weighted by molar-refractivity contribution is 5.78. The van der Waals surface area contributed by atoms with Crippen LogP contribution >= 0.6 is 0 Å². The van der Waals surface area contributed by atoms with Crippen molar-refractivity contribution >= 4 is 11.7 Å². The quantitative estimate of drug-likeness (QED) is 0.811. The second kappa shape index (κ2) is 7.07. The molecule has 2 saturated heterocycles. The monoisotopic (exact) mass is 304 g/mol. The van der Waals surface area contributed by atoms with Crippen LogP contribution in [0.4, 0.5) is 5.82 Å². The number of morpholine rings is 1. The van der Waals surface area contributed by atoms with E-state index in [0.717, 1.165) is 38.5 Å². The summed E-state index contributed by atoms with van der Waals surface area (Å²) in [4.78, 5) is 23.2. The number of carbonyl (C=O) groups excluding carboxylic acids is 1. The lowest BCUT2D eigenvalue weighted by Gasteiger charge is -2.37. The van der Waals surface area contributed by atoms with Crippen molar-refractivity contribution in [2.75, 3.05) is 57.3 Å². The van der Waals surface area contributed by atoms with E-state index in [-0.39, 0.29) is 12.0 Å². The molecule has 3 heterocycles. The van der Waals surface area contributed by atoms with Crippen molar-refractivity contribution in [3.63, 3.8) is 0 Å². The van der Waals surface area contributed by atoms with Crippen molar-refractivity contribution in [2.24, 2.45) is 0 Å². The lowest BCUT2D eigenvalue weighted by Crippen LogP contribution is -2.52. The highest BCUT2D eigenvalue weighted by atomic mass is 16.5. The predicted octanol–water partition coefficient (Wildman–Crippen LogP) is 0.451. The van der Waals surface area contributed by atoms with Gasteiger partial charge < -0.3 is 14.5 Å². The third kappa shape index (κ3) is 3.75. The first-order valence-corrected chi connectivity index (χ1v) is 8.00. The molecule has 2 aliphatic heterocycles. The van der Waals surface area contributed by atoms with Crippen LogP contribution in [-0.2, 0) is 9.53 Å². The number of hydrogen-bond donors (Lipinski definition) is 0. The predicted molar refractivity (Wildman–Crippen MR) is 84.9 cm³/mol. The molecular weight excluding hydrogens is 280 g/mol. The van der Waals surface area contributed by atoms with Crippen molar-refractivity contribution in [1.82, 2.24) is 14.8 Å². The number of hydrogen-bond acceptors (Lipinski definition) is 5. The number of amides is 1. The van der Waals surface area contributed by atoms with Gasteiger partial charge in [0.05, 0.1) is 19.3 Å². The van der Waals surface area contributed by atoms with Gasteiger partial charge in [0.25, 0.3) is 0 Å². The first-order valence-electron chi connectivity index (χ1n) is 8.00. The minimum Gasteiger partial charge on any atom is -0.375 e. The molecule has 6 heteroatoms. The number of aromatic nitrogens is 1. The van der Waals surface area contributed by atoms with Crippen LogP contribution in [0.15, 0.2) is 24.4 Å². The second-order valence-electron chi connectivity index (χ2n) is 5.97. The number of pyridine rings is 1.